The van der Waals surface area contributed by atoms with Gasteiger partial charge in [-0.1, -0.05) is 80.3 Å². The molecule has 35 heavy (non-hydrogen) atoms. The van der Waals surface area contributed by atoms with Gasteiger partial charge in [-0.2, -0.15) is 5.10 Å². The van der Waals surface area contributed by atoms with E-state index in [2.05, 4.69) is 104 Å². The van der Waals surface area contributed by atoms with Crippen LogP contribution >= 0.6 is 0 Å². The average molecular weight is 478 g/mol. The lowest BCUT2D eigenvalue weighted by Gasteiger charge is -2.15. The lowest BCUT2D eigenvalue weighted by molar-refractivity contribution is 0.0816. The molecule has 5 heteroatoms. The second-order valence-corrected chi connectivity index (χ2v) is 15.7. The lowest BCUT2D eigenvalue weighted by atomic mass is 9.99. The quantitative estimate of drug-likeness (QED) is 0.169. The first-order valence-corrected chi connectivity index (χ1v) is 15.8. The Bertz CT molecular complexity index is 1480. The van der Waals surface area contributed by atoms with Crippen molar-refractivity contribution in [2.24, 2.45) is 0 Å². The molecule has 4 nitrogen and oxygen atoms in total. The molecule has 0 fully saturated rings. The maximum atomic E-state index is 6.06. The Morgan fingerprint density at radius 1 is 0.857 bits per heavy atom. The molecule has 0 saturated heterocycles. The SMILES string of the molecule is C[Si](C)(C)CCOCn1nc(/C=C/c2ccccc2)c2cc(-c3ccnc4ccccc34)ccc21. The fourth-order valence-electron chi connectivity index (χ4n) is 4.21. The van der Waals surface area contributed by atoms with Gasteiger partial charge in [0.05, 0.1) is 16.7 Å². The molecular formula is C30H31N3OSi. The third-order valence-corrected chi connectivity index (χ3v) is 7.89. The summed E-state index contributed by atoms with van der Waals surface area (Å²) in [5.41, 5.74) is 6.50. The molecule has 0 N–H and O–H groups in total. The fraction of sp³-hybridized carbons (Fsp3) is 0.200. The van der Waals surface area contributed by atoms with Crippen molar-refractivity contribution in [3.63, 3.8) is 0 Å². The average Bonchev–Trinajstić information content (AvgIpc) is 3.22. The van der Waals surface area contributed by atoms with E-state index in [1.807, 2.05) is 23.0 Å². The standard InChI is InChI=1S/C30H31N3OSi/c1-35(2,3)20-19-34-22-33-30-16-14-24(25-17-18-31-28-12-8-7-11-26(25)28)21-27(30)29(32-33)15-13-23-9-5-4-6-10-23/h4-18,21H,19-20,22H2,1-3H3/b15-13+. The molecule has 0 aliphatic carbocycles. The Hall–Kier alpha value is -3.54. The second-order valence-electron chi connectivity index (χ2n) is 10.1. The molecule has 2 aromatic heterocycles. The summed E-state index contributed by atoms with van der Waals surface area (Å²) in [6.45, 7) is 8.34. The first-order chi connectivity index (χ1) is 17.0. The van der Waals surface area contributed by atoms with Gasteiger partial charge in [-0.25, -0.2) is 4.68 Å². The zero-order valence-electron chi connectivity index (χ0n) is 20.6. The van der Waals surface area contributed by atoms with Gasteiger partial charge in [-0.05, 0) is 53.1 Å². The second kappa shape index (κ2) is 9.98. The molecule has 5 aromatic rings. The van der Waals surface area contributed by atoms with Crippen molar-refractivity contribution in [1.29, 1.82) is 0 Å². The van der Waals surface area contributed by atoms with Crippen molar-refractivity contribution >= 4 is 42.0 Å². The normalized spacial score (nSPS) is 12.2. The Morgan fingerprint density at radius 3 is 2.49 bits per heavy atom. The Labute approximate surface area is 207 Å². The minimum absolute atomic E-state index is 0.456. The van der Waals surface area contributed by atoms with E-state index in [-0.39, 0.29) is 0 Å². The van der Waals surface area contributed by atoms with Gasteiger partial charge in [0.15, 0.2) is 0 Å². The van der Waals surface area contributed by atoms with E-state index < -0.39 is 8.07 Å². The van der Waals surface area contributed by atoms with Gasteiger partial charge in [0.25, 0.3) is 0 Å². The van der Waals surface area contributed by atoms with Crippen LogP contribution in [0.3, 0.4) is 0 Å². The summed E-state index contributed by atoms with van der Waals surface area (Å²) in [7, 11) is -1.13. The third kappa shape index (κ3) is 5.42. The molecular weight excluding hydrogens is 446 g/mol. The van der Waals surface area contributed by atoms with E-state index in [0.29, 0.717) is 6.73 Å². The maximum Gasteiger partial charge on any atom is 0.140 e. The van der Waals surface area contributed by atoms with E-state index in [9.17, 15) is 0 Å². The van der Waals surface area contributed by atoms with Crippen LogP contribution in [-0.4, -0.2) is 29.4 Å². The Balaban J connectivity index is 1.54. The number of pyridine rings is 1. The van der Waals surface area contributed by atoms with E-state index in [4.69, 9.17) is 9.84 Å². The molecule has 0 aliphatic heterocycles. The first-order valence-electron chi connectivity index (χ1n) is 12.1. The zero-order chi connectivity index (χ0) is 24.3. The van der Waals surface area contributed by atoms with Gasteiger partial charge in [-0.3, -0.25) is 4.98 Å². The van der Waals surface area contributed by atoms with E-state index in [1.165, 1.54) is 5.56 Å². The Kier molecular flexibility index (Phi) is 6.62. The van der Waals surface area contributed by atoms with E-state index in [1.54, 1.807) is 0 Å². The van der Waals surface area contributed by atoms with Crippen LogP contribution in [0.15, 0.2) is 85.1 Å². The molecule has 0 aliphatic rings. The van der Waals surface area contributed by atoms with Crippen LogP contribution in [0, 0.1) is 0 Å². The number of benzene rings is 3. The van der Waals surface area contributed by atoms with Crippen LogP contribution in [0.25, 0.3) is 45.1 Å². The monoisotopic (exact) mass is 477 g/mol. The van der Waals surface area contributed by atoms with Gasteiger partial charge in [-0.15, -0.1) is 0 Å². The summed E-state index contributed by atoms with van der Waals surface area (Å²) in [6, 6.07) is 28.4. The van der Waals surface area contributed by atoms with Crippen LogP contribution in [0.2, 0.25) is 25.7 Å². The number of hydrogen-bond acceptors (Lipinski definition) is 3. The smallest absolute Gasteiger partial charge is 0.140 e. The summed E-state index contributed by atoms with van der Waals surface area (Å²) < 4.78 is 8.04. The van der Waals surface area contributed by atoms with Crippen LogP contribution in [-0.2, 0) is 11.5 Å². The minimum atomic E-state index is -1.13. The van der Waals surface area contributed by atoms with Crippen molar-refractivity contribution in [3.8, 4) is 11.1 Å². The highest BCUT2D eigenvalue weighted by atomic mass is 28.3. The van der Waals surface area contributed by atoms with Crippen LogP contribution < -0.4 is 0 Å². The molecule has 176 valence electrons. The third-order valence-electron chi connectivity index (χ3n) is 6.18. The predicted octanol–water partition coefficient (Wildman–Crippen LogP) is 7.73. The molecule has 0 spiro atoms. The van der Waals surface area contributed by atoms with Crippen molar-refractivity contribution < 1.29 is 4.74 Å². The number of nitrogens with zero attached hydrogens (tertiary/aromatic N) is 3. The lowest BCUT2D eigenvalue weighted by Crippen LogP contribution is -2.22. The summed E-state index contributed by atoms with van der Waals surface area (Å²) in [5.74, 6) is 0. The number of rotatable bonds is 8. The predicted molar refractivity (Wildman–Crippen MR) is 150 cm³/mol. The number of fused-ring (bicyclic) bond motifs is 2. The highest BCUT2D eigenvalue weighted by Crippen LogP contribution is 2.31. The molecule has 0 bridgehead atoms. The summed E-state index contributed by atoms with van der Waals surface area (Å²) in [4.78, 5) is 4.53. The molecule has 0 saturated carbocycles. The summed E-state index contributed by atoms with van der Waals surface area (Å²) in [5, 5.41) is 7.21. The minimum Gasteiger partial charge on any atom is -0.360 e. The highest BCUT2D eigenvalue weighted by Gasteiger charge is 2.14. The molecule has 2 heterocycles. The van der Waals surface area contributed by atoms with Gasteiger partial charge >= 0.3 is 0 Å². The Morgan fingerprint density at radius 2 is 1.66 bits per heavy atom. The molecule has 0 radical (unpaired) electrons. The number of hydrogen-bond donors (Lipinski definition) is 0. The van der Waals surface area contributed by atoms with Crippen LogP contribution in [0.1, 0.15) is 11.3 Å². The zero-order valence-corrected chi connectivity index (χ0v) is 21.6. The van der Waals surface area contributed by atoms with Gasteiger partial charge < -0.3 is 4.74 Å². The van der Waals surface area contributed by atoms with Crippen molar-refractivity contribution in [3.05, 3.63) is 96.3 Å². The van der Waals surface area contributed by atoms with E-state index >= 15 is 0 Å². The van der Waals surface area contributed by atoms with Gasteiger partial charge in [0.2, 0.25) is 0 Å². The number of aromatic nitrogens is 3. The molecule has 0 amide bonds. The number of para-hydroxylation sites is 1. The van der Waals surface area contributed by atoms with Gasteiger partial charge in [0, 0.05) is 31.7 Å². The largest absolute Gasteiger partial charge is 0.360 e. The maximum absolute atomic E-state index is 6.06. The van der Waals surface area contributed by atoms with Crippen molar-refractivity contribution in [2.75, 3.05) is 6.61 Å². The summed E-state index contributed by atoms with van der Waals surface area (Å²) in [6.07, 6.45) is 6.10. The van der Waals surface area contributed by atoms with Crippen molar-refractivity contribution in [1.82, 2.24) is 14.8 Å². The topological polar surface area (TPSA) is 39.9 Å². The van der Waals surface area contributed by atoms with Crippen LogP contribution in [0.5, 0.6) is 0 Å². The van der Waals surface area contributed by atoms with Crippen molar-refractivity contribution in [2.45, 2.75) is 32.4 Å². The first kappa shape index (κ1) is 23.2. The molecule has 3 aromatic carbocycles. The highest BCUT2D eigenvalue weighted by molar-refractivity contribution is 6.76. The molecule has 0 atom stereocenters. The van der Waals surface area contributed by atoms with Gasteiger partial charge in [0.1, 0.15) is 6.73 Å². The molecule has 0 unspecified atom stereocenters. The van der Waals surface area contributed by atoms with E-state index in [0.717, 1.165) is 51.3 Å². The fourth-order valence-corrected chi connectivity index (χ4v) is 4.97. The van der Waals surface area contributed by atoms with Crippen LogP contribution in [0.4, 0.5) is 0 Å². The number of ether oxygens (including phenoxy) is 1. The summed E-state index contributed by atoms with van der Waals surface area (Å²) >= 11 is 0. The molecule has 5 rings (SSSR count).